The van der Waals surface area contributed by atoms with Crippen molar-refractivity contribution in [2.75, 3.05) is 6.26 Å². The van der Waals surface area contributed by atoms with Gasteiger partial charge in [-0.3, -0.25) is 4.79 Å². The van der Waals surface area contributed by atoms with Crippen LogP contribution in [0.25, 0.3) is 0 Å². The summed E-state index contributed by atoms with van der Waals surface area (Å²) < 4.78 is 25.2. The normalized spacial score (nSPS) is 14.3. The van der Waals surface area contributed by atoms with E-state index in [1.165, 1.54) is 17.8 Å². The summed E-state index contributed by atoms with van der Waals surface area (Å²) in [6.07, 6.45) is 5.37. The van der Waals surface area contributed by atoms with Crippen molar-refractivity contribution in [3.63, 3.8) is 0 Å². The molecule has 0 saturated heterocycles. The van der Waals surface area contributed by atoms with Gasteiger partial charge in [0.25, 0.3) is 0 Å². The van der Waals surface area contributed by atoms with E-state index in [9.17, 15) is 13.2 Å². The third-order valence-corrected chi connectivity index (χ3v) is 4.34. The highest BCUT2D eigenvalue weighted by molar-refractivity contribution is 7.99. The molecule has 0 fully saturated rings. The Labute approximate surface area is 120 Å². The van der Waals surface area contributed by atoms with Gasteiger partial charge in [-0.05, 0) is 39.5 Å². The van der Waals surface area contributed by atoms with Crippen LogP contribution < -0.4 is 10.0 Å². The van der Waals surface area contributed by atoms with E-state index in [-0.39, 0.29) is 11.3 Å². The van der Waals surface area contributed by atoms with Gasteiger partial charge in [0.05, 0.1) is 5.37 Å². The largest absolute Gasteiger partial charge is 0.341 e. The van der Waals surface area contributed by atoms with Crippen LogP contribution in [0.2, 0.25) is 0 Å². The summed E-state index contributed by atoms with van der Waals surface area (Å²) in [5.74, 6) is -0.191. The van der Waals surface area contributed by atoms with Crippen LogP contribution in [0, 0.1) is 0 Å². The third kappa shape index (κ3) is 8.85. The van der Waals surface area contributed by atoms with Crippen molar-refractivity contribution in [2.24, 2.45) is 0 Å². The van der Waals surface area contributed by atoms with Crippen molar-refractivity contribution in [1.29, 1.82) is 0 Å². The van der Waals surface area contributed by atoms with Gasteiger partial charge >= 0.3 is 0 Å². The van der Waals surface area contributed by atoms with Crippen LogP contribution in [0.5, 0.6) is 0 Å². The monoisotopic (exact) mass is 306 g/mol. The van der Waals surface area contributed by atoms with Crippen molar-refractivity contribution in [2.45, 2.75) is 38.1 Å². The van der Waals surface area contributed by atoms with Gasteiger partial charge in [0.15, 0.2) is 0 Å². The van der Waals surface area contributed by atoms with Crippen molar-refractivity contribution in [3.05, 3.63) is 24.1 Å². The number of thioether (sulfide) groups is 1. The molecule has 0 bridgehead atoms. The van der Waals surface area contributed by atoms with Crippen LogP contribution >= 0.6 is 11.8 Å². The topological polar surface area (TPSA) is 75.3 Å². The molecule has 0 aliphatic rings. The zero-order valence-corrected chi connectivity index (χ0v) is 13.4. The molecule has 0 aromatic rings. The molecule has 0 aromatic carbocycles. The van der Waals surface area contributed by atoms with E-state index in [4.69, 9.17) is 0 Å². The highest BCUT2D eigenvalue weighted by atomic mass is 32.2. The predicted molar refractivity (Wildman–Crippen MR) is 81.2 cm³/mol. The van der Waals surface area contributed by atoms with Gasteiger partial charge in [0.1, 0.15) is 0 Å². The standard InChI is InChI=1S/C12H22N2O3S2/c1-6-19(16,17)14-12(3,4)9-7-8-11(15)13-10(2)18-5/h6-8,10,14H,1,9H2,2-5H3,(H,13,15)/b8-7-. The number of sulfonamides is 1. The number of rotatable bonds is 8. The highest BCUT2D eigenvalue weighted by Gasteiger charge is 2.21. The summed E-state index contributed by atoms with van der Waals surface area (Å²) in [5.41, 5.74) is -0.672. The van der Waals surface area contributed by atoms with Crippen LogP contribution in [0.3, 0.4) is 0 Å². The van der Waals surface area contributed by atoms with Crippen molar-refractivity contribution < 1.29 is 13.2 Å². The minimum atomic E-state index is -3.47. The molecule has 1 amide bonds. The van der Waals surface area contributed by atoms with Crippen LogP contribution in [-0.4, -0.2) is 31.5 Å². The van der Waals surface area contributed by atoms with Gasteiger partial charge < -0.3 is 5.32 Å². The highest BCUT2D eigenvalue weighted by Crippen LogP contribution is 2.11. The predicted octanol–water partition coefficient (Wildman–Crippen LogP) is 1.60. The third-order valence-electron chi connectivity index (χ3n) is 2.23. The smallest absolute Gasteiger partial charge is 0.244 e. The summed E-state index contributed by atoms with van der Waals surface area (Å²) in [5, 5.41) is 3.67. The van der Waals surface area contributed by atoms with Crippen molar-refractivity contribution in [3.8, 4) is 0 Å². The first-order valence-corrected chi connectivity index (χ1v) is 8.61. The molecule has 2 N–H and O–H groups in total. The summed E-state index contributed by atoms with van der Waals surface area (Å²) in [6.45, 7) is 8.59. The average Bonchev–Trinajstić information content (AvgIpc) is 2.27. The average molecular weight is 306 g/mol. The fourth-order valence-corrected chi connectivity index (χ4v) is 2.41. The van der Waals surface area contributed by atoms with E-state index in [2.05, 4.69) is 16.6 Å². The van der Waals surface area contributed by atoms with Crippen LogP contribution in [-0.2, 0) is 14.8 Å². The van der Waals surface area contributed by atoms with Gasteiger partial charge in [0, 0.05) is 10.9 Å². The van der Waals surface area contributed by atoms with Crippen LogP contribution in [0.4, 0.5) is 0 Å². The maximum Gasteiger partial charge on any atom is 0.244 e. The van der Waals surface area contributed by atoms with Crippen molar-refractivity contribution >= 4 is 27.7 Å². The van der Waals surface area contributed by atoms with E-state index in [1.54, 1.807) is 19.9 Å². The Morgan fingerprint density at radius 3 is 2.53 bits per heavy atom. The fourth-order valence-electron chi connectivity index (χ4n) is 1.24. The molecule has 1 atom stereocenters. The molecule has 0 aliphatic carbocycles. The lowest BCUT2D eigenvalue weighted by molar-refractivity contribution is -0.116. The Kier molecular flexibility index (Phi) is 7.39. The maximum atomic E-state index is 11.5. The Bertz CT molecular complexity index is 442. The molecule has 1 unspecified atom stereocenters. The first kappa shape index (κ1) is 18.2. The van der Waals surface area contributed by atoms with Gasteiger partial charge in [-0.1, -0.05) is 12.7 Å². The van der Waals surface area contributed by atoms with E-state index in [0.29, 0.717) is 6.42 Å². The first-order valence-electron chi connectivity index (χ1n) is 5.78. The zero-order chi connectivity index (χ0) is 15.1. The molecular formula is C12H22N2O3S2. The number of carbonyl (C=O) groups is 1. The van der Waals surface area contributed by atoms with Gasteiger partial charge in [-0.2, -0.15) is 0 Å². The second-order valence-electron chi connectivity index (χ2n) is 4.69. The van der Waals surface area contributed by atoms with Crippen molar-refractivity contribution in [1.82, 2.24) is 10.0 Å². The number of hydrogen-bond acceptors (Lipinski definition) is 4. The maximum absolute atomic E-state index is 11.5. The molecule has 0 heterocycles. The lowest BCUT2D eigenvalue weighted by Gasteiger charge is -2.23. The Hall–Kier alpha value is -0.790. The minimum Gasteiger partial charge on any atom is -0.341 e. The SMILES string of the molecule is C=CS(=O)(=O)NC(C)(C)C/C=C\C(=O)NC(C)SC. The second-order valence-corrected chi connectivity index (χ2v) is 7.50. The Morgan fingerprint density at radius 1 is 1.47 bits per heavy atom. The van der Waals surface area contributed by atoms with E-state index in [1.807, 2.05) is 13.2 Å². The molecule has 7 heteroatoms. The lowest BCUT2D eigenvalue weighted by atomic mass is 10.0. The second kappa shape index (κ2) is 7.72. The molecule has 19 heavy (non-hydrogen) atoms. The quantitative estimate of drug-likeness (QED) is 0.527. The Balaban J connectivity index is 4.38. The zero-order valence-electron chi connectivity index (χ0n) is 11.8. The summed E-state index contributed by atoms with van der Waals surface area (Å²) in [7, 11) is -3.47. The van der Waals surface area contributed by atoms with E-state index >= 15 is 0 Å². The number of carbonyl (C=O) groups excluding carboxylic acids is 1. The summed E-state index contributed by atoms with van der Waals surface area (Å²) in [6, 6.07) is 0. The van der Waals surface area contributed by atoms with Crippen LogP contribution in [0.1, 0.15) is 27.2 Å². The van der Waals surface area contributed by atoms with Gasteiger partial charge in [-0.15, -0.1) is 11.8 Å². The van der Waals surface area contributed by atoms with Gasteiger partial charge in [0.2, 0.25) is 15.9 Å². The molecule has 110 valence electrons. The van der Waals surface area contributed by atoms with Gasteiger partial charge in [-0.25, -0.2) is 13.1 Å². The summed E-state index contributed by atoms with van der Waals surface area (Å²) >= 11 is 1.53. The minimum absolute atomic E-state index is 0.0458. The number of amides is 1. The molecule has 5 nitrogen and oxygen atoms in total. The fraction of sp³-hybridized carbons (Fsp3) is 0.583. The Morgan fingerprint density at radius 2 is 2.05 bits per heavy atom. The molecule has 0 radical (unpaired) electrons. The molecule has 0 saturated carbocycles. The van der Waals surface area contributed by atoms with Crippen LogP contribution in [0.15, 0.2) is 24.1 Å². The molecule has 0 aromatic heterocycles. The number of nitrogens with one attached hydrogen (secondary N) is 2. The molecule has 0 spiro atoms. The lowest BCUT2D eigenvalue weighted by Crippen LogP contribution is -2.41. The number of hydrogen-bond donors (Lipinski definition) is 2. The first-order chi connectivity index (χ1) is 8.62. The molecule has 0 aliphatic heterocycles. The summed E-state index contributed by atoms with van der Waals surface area (Å²) in [4.78, 5) is 11.5. The molecular weight excluding hydrogens is 284 g/mol. The molecule has 0 rings (SSSR count). The van der Waals surface area contributed by atoms with E-state index < -0.39 is 15.6 Å². The van der Waals surface area contributed by atoms with E-state index in [0.717, 1.165) is 5.41 Å².